The van der Waals surface area contributed by atoms with Gasteiger partial charge in [0.1, 0.15) is 17.5 Å². The van der Waals surface area contributed by atoms with Crippen LogP contribution in [0.25, 0.3) is 21.8 Å². The first-order chi connectivity index (χ1) is 23.3. The zero-order valence-electron chi connectivity index (χ0n) is 28.9. The molecule has 3 amide bonds. The summed E-state index contributed by atoms with van der Waals surface area (Å²) in [5.74, 6) is 1.32. The number of methoxy groups -OCH3 is 2. The highest BCUT2D eigenvalue weighted by atomic mass is 35.5. The summed E-state index contributed by atoms with van der Waals surface area (Å²) in [7, 11) is 3.30. The van der Waals surface area contributed by atoms with Crippen molar-refractivity contribution in [1.29, 1.82) is 0 Å². The summed E-state index contributed by atoms with van der Waals surface area (Å²) in [5, 5.41) is 17.8. The van der Waals surface area contributed by atoms with E-state index in [1.165, 1.54) is 0 Å². The minimum Gasteiger partial charge on any atom is -0.497 e. The van der Waals surface area contributed by atoms with E-state index in [4.69, 9.17) is 15.2 Å². The Kier molecular flexibility index (Phi) is 15.9. The second-order valence-electron chi connectivity index (χ2n) is 12.1. The first-order valence-corrected chi connectivity index (χ1v) is 16.7. The van der Waals surface area contributed by atoms with Crippen molar-refractivity contribution in [1.82, 2.24) is 25.9 Å². The molecule has 0 aliphatic rings. The van der Waals surface area contributed by atoms with Crippen molar-refractivity contribution in [2.75, 3.05) is 44.5 Å². The Morgan fingerprint density at radius 3 is 1.76 bits per heavy atom. The van der Waals surface area contributed by atoms with Crippen LogP contribution in [-0.2, 0) is 4.79 Å². The molecule has 13 heteroatoms. The number of nitrogens with two attached hydrogens (primary N) is 1. The number of hydrogen-bond donors (Lipinski definition) is 6. The largest absolute Gasteiger partial charge is 0.497 e. The summed E-state index contributed by atoms with van der Waals surface area (Å²) < 4.78 is 10.9. The number of amides is 3. The average molecular weight is 695 g/mol. The maximum atomic E-state index is 13.0. The van der Waals surface area contributed by atoms with E-state index in [-0.39, 0.29) is 36.4 Å². The molecule has 0 aliphatic carbocycles. The Morgan fingerprint density at radius 2 is 1.27 bits per heavy atom. The van der Waals surface area contributed by atoms with Crippen molar-refractivity contribution in [3.63, 3.8) is 0 Å². The van der Waals surface area contributed by atoms with Gasteiger partial charge in [0.2, 0.25) is 5.91 Å². The first kappa shape index (κ1) is 38.9. The fraction of sp³-hybridized carbons (Fsp3) is 0.444. The van der Waals surface area contributed by atoms with Crippen LogP contribution in [0.3, 0.4) is 0 Å². The molecule has 0 fully saturated rings. The molecule has 0 saturated heterocycles. The zero-order valence-corrected chi connectivity index (χ0v) is 29.7. The van der Waals surface area contributed by atoms with Gasteiger partial charge in [-0.25, -0.2) is 4.79 Å². The number of ether oxygens (including phenoxy) is 2. The Balaban J connectivity index is 0.00000650. The van der Waals surface area contributed by atoms with Gasteiger partial charge in [-0.2, -0.15) is 0 Å². The van der Waals surface area contributed by atoms with Crippen LogP contribution < -0.4 is 41.8 Å². The van der Waals surface area contributed by atoms with Crippen LogP contribution in [0.2, 0.25) is 0 Å². The molecule has 0 aliphatic heterocycles. The molecule has 0 saturated carbocycles. The predicted molar refractivity (Wildman–Crippen MR) is 200 cm³/mol. The van der Waals surface area contributed by atoms with E-state index >= 15 is 0 Å². The average Bonchev–Trinajstić information content (AvgIpc) is 3.10. The Labute approximate surface area is 295 Å². The van der Waals surface area contributed by atoms with Crippen LogP contribution in [0.4, 0.5) is 16.2 Å². The number of rotatable bonds is 19. The number of anilines is 2. The maximum absolute atomic E-state index is 13.0. The lowest BCUT2D eigenvalue weighted by Gasteiger charge is -2.20. The van der Waals surface area contributed by atoms with Gasteiger partial charge in [0.05, 0.1) is 36.6 Å². The fourth-order valence-electron chi connectivity index (χ4n) is 5.61. The van der Waals surface area contributed by atoms with Crippen molar-refractivity contribution < 1.29 is 19.1 Å². The molecule has 0 spiro atoms. The third kappa shape index (κ3) is 11.8. The van der Waals surface area contributed by atoms with Crippen molar-refractivity contribution in [3.8, 4) is 11.5 Å². The third-order valence-corrected chi connectivity index (χ3v) is 8.16. The number of carbonyl (C=O) groups excluding carboxylic acids is 2. The van der Waals surface area contributed by atoms with Crippen molar-refractivity contribution in [2.24, 2.45) is 5.73 Å². The van der Waals surface area contributed by atoms with E-state index in [0.29, 0.717) is 32.5 Å². The summed E-state index contributed by atoms with van der Waals surface area (Å²) in [6.45, 7) is 5.60. The molecule has 4 aromatic rings. The van der Waals surface area contributed by atoms with Crippen LogP contribution in [0.5, 0.6) is 11.5 Å². The van der Waals surface area contributed by atoms with E-state index in [1.54, 1.807) is 26.6 Å². The fourth-order valence-corrected chi connectivity index (χ4v) is 5.61. The van der Waals surface area contributed by atoms with Gasteiger partial charge in [0, 0.05) is 60.5 Å². The molecular formula is C36H51ClN8O4. The molecule has 2 heterocycles. The SMILES string of the molecule is COc1cc(NC(C)CCCNC(=O)N[C@H](CCCN)C(=O)NCCCC(C)Nc2cc(OC)cc3cccnc23)c2ncccc2c1.Cl. The highest BCUT2D eigenvalue weighted by Crippen LogP contribution is 2.29. The first-order valence-electron chi connectivity index (χ1n) is 16.7. The second kappa shape index (κ2) is 20.1. The molecule has 266 valence electrons. The van der Waals surface area contributed by atoms with Crippen molar-refractivity contribution in [3.05, 3.63) is 60.9 Å². The minimum absolute atomic E-state index is 0. The number of benzene rings is 2. The number of fused-ring (bicyclic) bond motifs is 2. The number of halogens is 1. The molecule has 7 N–H and O–H groups in total. The number of nitrogens with zero attached hydrogens (tertiary/aromatic N) is 2. The lowest BCUT2D eigenvalue weighted by molar-refractivity contribution is -0.123. The number of hydrogen-bond acceptors (Lipinski definition) is 9. The number of carbonyl (C=O) groups is 2. The normalized spacial score (nSPS) is 12.7. The second-order valence-corrected chi connectivity index (χ2v) is 12.1. The van der Waals surface area contributed by atoms with Gasteiger partial charge < -0.3 is 41.8 Å². The molecule has 49 heavy (non-hydrogen) atoms. The molecule has 0 radical (unpaired) electrons. The Hall–Kier alpha value is -4.55. The van der Waals surface area contributed by atoms with Crippen molar-refractivity contribution in [2.45, 2.75) is 70.5 Å². The van der Waals surface area contributed by atoms with E-state index in [2.05, 4.69) is 50.4 Å². The molecule has 3 atom stereocenters. The number of pyridine rings is 2. The number of aromatic nitrogens is 2. The van der Waals surface area contributed by atoms with Crippen molar-refractivity contribution >= 4 is 57.5 Å². The highest BCUT2D eigenvalue weighted by Gasteiger charge is 2.20. The number of nitrogens with one attached hydrogen (secondary N) is 5. The van der Waals surface area contributed by atoms with E-state index in [9.17, 15) is 9.59 Å². The summed E-state index contributed by atoms with van der Waals surface area (Å²) >= 11 is 0. The highest BCUT2D eigenvalue weighted by molar-refractivity contribution is 5.93. The number of urea groups is 1. The third-order valence-electron chi connectivity index (χ3n) is 8.16. The lowest BCUT2D eigenvalue weighted by Crippen LogP contribution is -2.50. The van der Waals surface area contributed by atoms with Gasteiger partial charge >= 0.3 is 6.03 Å². The van der Waals surface area contributed by atoms with Crippen LogP contribution >= 0.6 is 12.4 Å². The van der Waals surface area contributed by atoms with Crippen LogP contribution in [0, 0.1) is 0 Å². The van der Waals surface area contributed by atoms with Gasteiger partial charge in [-0.15, -0.1) is 12.4 Å². The smallest absolute Gasteiger partial charge is 0.315 e. The molecule has 12 nitrogen and oxygen atoms in total. The maximum Gasteiger partial charge on any atom is 0.315 e. The summed E-state index contributed by atoms with van der Waals surface area (Å²) in [4.78, 5) is 34.8. The van der Waals surface area contributed by atoms with Gasteiger partial charge in [-0.1, -0.05) is 12.1 Å². The molecule has 2 aromatic heterocycles. The Bertz CT molecular complexity index is 1640. The zero-order chi connectivity index (χ0) is 34.3. The van der Waals surface area contributed by atoms with Gasteiger partial charge in [0.25, 0.3) is 0 Å². The van der Waals surface area contributed by atoms with Crippen LogP contribution in [0.15, 0.2) is 60.9 Å². The van der Waals surface area contributed by atoms with Gasteiger partial charge in [-0.05, 0) is 83.2 Å². The van der Waals surface area contributed by atoms with Gasteiger partial charge in [0.15, 0.2) is 0 Å². The quantitative estimate of drug-likeness (QED) is 0.0685. The Morgan fingerprint density at radius 1 is 0.755 bits per heavy atom. The van der Waals surface area contributed by atoms with E-state index in [1.807, 2.05) is 48.5 Å². The monoisotopic (exact) mass is 694 g/mol. The van der Waals surface area contributed by atoms with Crippen LogP contribution in [0.1, 0.15) is 52.4 Å². The molecule has 2 unspecified atom stereocenters. The van der Waals surface area contributed by atoms with Crippen LogP contribution in [-0.4, -0.2) is 73.9 Å². The topological polar surface area (TPSA) is 165 Å². The standard InChI is InChI=1S/C36H50N8O4.ClH/c1-24(42-31-22-28(47-3)20-26-12-8-16-38-33(26)31)10-6-18-40-35(45)30(14-5-15-37)44-36(46)41-19-7-11-25(2)43-32-23-29(48-4)21-27-13-9-17-39-34(27)32;/h8-9,12-13,16-17,20-25,30,42-43H,5-7,10-11,14-15,18-19,37H2,1-4H3,(H,40,45)(H2,41,44,46);1H/t24?,25?,30-;/m1./s1. The summed E-state index contributed by atoms with van der Waals surface area (Å²) in [6.07, 6.45) is 7.80. The minimum atomic E-state index is -0.659. The van der Waals surface area contributed by atoms with E-state index < -0.39 is 6.04 Å². The van der Waals surface area contributed by atoms with Gasteiger partial charge in [-0.3, -0.25) is 14.8 Å². The predicted octanol–water partition coefficient (Wildman–Crippen LogP) is 5.61. The lowest BCUT2D eigenvalue weighted by atomic mass is 10.1. The summed E-state index contributed by atoms with van der Waals surface area (Å²) in [6, 6.07) is 14.9. The molecule has 4 rings (SSSR count). The summed E-state index contributed by atoms with van der Waals surface area (Å²) in [5.41, 5.74) is 9.30. The molecule has 2 aromatic carbocycles. The molecular weight excluding hydrogens is 644 g/mol. The van der Waals surface area contributed by atoms with E-state index in [0.717, 1.165) is 70.4 Å². The molecule has 0 bridgehead atoms.